The lowest BCUT2D eigenvalue weighted by Crippen LogP contribution is -2.41. The van der Waals surface area contributed by atoms with E-state index in [2.05, 4.69) is 15.4 Å². The number of anilines is 1. The van der Waals surface area contributed by atoms with E-state index in [1.54, 1.807) is 41.5 Å². The number of benzene rings is 1. The molecule has 1 aromatic carbocycles. The van der Waals surface area contributed by atoms with Gasteiger partial charge >= 0.3 is 0 Å². The van der Waals surface area contributed by atoms with E-state index in [1.165, 1.54) is 10.4 Å². The molecule has 2 aliphatic heterocycles. The van der Waals surface area contributed by atoms with Gasteiger partial charge in [-0.15, -0.1) is 0 Å². The van der Waals surface area contributed by atoms with Gasteiger partial charge in [-0.1, -0.05) is 0 Å². The van der Waals surface area contributed by atoms with Gasteiger partial charge in [0.15, 0.2) is 11.5 Å². The lowest BCUT2D eigenvalue weighted by Gasteiger charge is -2.30. The normalized spacial score (nSPS) is 17.0. The summed E-state index contributed by atoms with van der Waals surface area (Å²) in [6, 6.07) is 10.3. The molecule has 0 radical (unpaired) electrons. The van der Waals surface area contributed by atoms with Crippen LogP contribution in [0.15, 0.2) is 59.9 Å². The van der Waals surface area contributed by atoms with Crippen LogP contribution < -0.4 is 14.8 Å². The van der Waals surface area contributed by atoms with Crippen molar-refractivity contribution < 1.29 is 22.7 Å². The number of pyridine rings is 1. The molecule has 10 nitrogen and oxygen atoms in total. The van der Waals surface area contributed by atoms with Crippen LogP contribution >= 0.6 is 0 Å². The number of fused-ring (bicyclic) bond motifs is 1. The molecule has 0 spiro atoms. The van der Waals surface area contributed by atoms with Crippen molar-refractivity contribution in [3.8, 4) is 11.5 Å². The van der Waals surface area contributed by atoms with Crippen LogP contribution in [-0.4, -0.2) is 59.7 Å². The molecule has 35 heavy (non-hydrogen) atoms. The number of sulfonamides is 1. The number of ether oxygens (including phenoxy) is 2. The summed E-state index contributed by atoms with van der Waals surface area (Å²) in [5, 5.41) is 7.25. The van der Waals surface area contributed by atoms with E-state index in [9.17, 15) is 13.2 Å². The Hall–Kier alpha value is -3.44. The van der Waals surface area contributed by atoms with Crippen molar-refractivity contribution >= 4 is 21.7 Å². The third-order valence-corrected chi connectivity index (χ3v) is 8.13. The van der Waals surface area contributed by atoms with Gasteiger partial charge in [0, 0.05) is 50.0 Å². The van der Waals surface area contributed by atoms with Gasteiger partial charge < -0.3 is 14.8 Å². The maximum Gasteiger partial charge on any atom is 0.243 e. The van der Waals surface area contributed by atoms with Crippen molar-refractivity contribution in [3.05, 3.63) is 60.6 Å². The first kappa shape index (κ1) is 23.3. The third-order valence-electron chi connectivity index (χ3n) is 6.23. The molecule has 11 heteroatoms. The maximum absolute atomic E-state index is 13.2. The number of carbonyl (C=O) groups is 1. The number of nitrogens with one attached hydrogen (secondary N) is 1. The summed E-state index contributed by atoms with van der Waals surface area (Å²) in [6.07, 6.45) is 6.69. The predicted molar refractivity (Wildman–Crippen MR) is 128 cm³/mol. The Kier molecular flexibility index (Phi) is 6.69. The van der Waals surface area contributed by atoms with Gasteiger partial charge in [-0.2, -0.15) is 9.40 Å². The average molecular weight is 498 g/mol. The Bertz CT molecular complexity index is 1290. The monoisotopic (exact) mass is 497 g/mol. The van der Waals surface area contributed by atoms with Crippen molar-refractivity contribution in [2.24, 2.45) is 5.92 Å². The Balaban J connectivity index is 1.20. The average Bonchev–Trinajstić information content (AvgIpc) is 3.16. The zero-order valence-corrected chi connectivity index (χ0v) is 20.0. The van der Waals surface area contributed by atoms with Crippen LogP contribution in [0, 0.1) is 5.92 Å². The quantitative estimate of drug-likeness (QED) is 0.556. The molecular formula is C24H27N5O5S. The minimum atomic E-state index is -3.70. The molecule has 2 aromatic heterocycles. The van der Waals surface area contributed by atoms with Crippen molar-refractivity contribution in [2.75, 3.05) is 31.6 Å². The summed E-state index contributed by atoms with van der Waals surface area (Å²) in [5.41, 5.74) is 1.02. The zero-order valence-electron chi connectivity index (χ0n) is 19.2. The minimum absolute atomic E-state index is 0.130. The third kappa shape index (κ3) is 5.15. The highest BCUT2D eigenvalue weighted by atomic mass is 32.2. The first-order valence-electron chi connectivity index (χ1n) is 11.6. The number of carbonyl (C=O) groups excluding carboxylic acids is 1. The smallest absolute Gasteiger partial charge is 0.243 e. The fourth-order valence-corrected chi connectivity index (χ4v) is 5.75. The van der Waals surface area contributed by atoms with E-state index in [-0.39, 0.29) is 29.8 Å². The summed E-state index contributed by atoms with van der Waals surface area (Å²) in [5.74, 6) is 1.19. The highest BCUT2D eigenvalue weighted by molar-refractivity contribution is 7.89. The summed E-state index contributed by atoms with van der Waals surface area (Å²) < 4.78 is 40.8. The van der Waals surface area contributed by atoms with E-state index >= 15 is 0 Å². The summed E-state index contributed by atoms with van der Waals surface area (Å²) in [7, 11) is -3.70. The maximum atomic E-state index is 13.2. The Morgan fingerprint density at radius 1 is 1.00 bits per heavy atom. The first-order valence-corrected chi connectivity index (χ1v) is 13.1. The van der Waals surface area contributed by atoms with Crippen molar-refractivity contribution in [2.45, 2.75) is 30.7 Å². The van der Waals surface area contributed by atoms with Crippen LogP contribution in [0.1, 0.15) is 24.8 Å². The van der Waals surface area contributed by atoms with Crippen LogP contribution in [0.2, 0.25) is 0 Å². The van der Waals surface area contributed by atoms with Gasteiger partial charge in [0.2, 0.25) is 15.9 Å². The number of hydrogen-bond acceptors (Lipinski definition) is 7. The largest absolute Gasteiger partial charge is 0.490 e. The van der Waals surface area contributed by atoms with Crippen molar-refractivity contribution in [1.29, 1.82) is 0 Å². The second kappa shape index (κ2) is 10.0. The van der Waals surface area contributed by atoms with Gasteiger partial charge in [-0.3, -0.25) is 9.78 Å². The Morgan fingerprint density at radius 3 is 2.51 bits per heavy atom. The molecule has 2 aliphatic rings. The summed E-state index contributed by atoms with van der Waals surface area (Å²) >= 11 is 0. The van der Waals surface area contributed by atoms with E-state index in [1.807, 2.05) is 12.1 Å². The Labute approximate surface area is 203 Å². The molecular weight excluding hydrogens is 470 g/mol. The summed E-state index contributed by atoms with van der Waals surface area (Å²) in [4.78, 5) is 17.1. The van der Waals surface area contributed by atoms with Gasteiger partial charge in [0.1, 0.15) is 5.82 Å². The lowest BCUT2D eigenvalue weighted by atomic mass is 9.97. The number of nitrogens with zero attached hydrogens (tertiary/aromatic N) is 4. The molecule has 1 fully saturated rings. The first-order chi connectivity index (χ1) is 17.0. The highest BCUT2D eigenvalue weighted by Crippen LogP contribution is 2.34. The lowest BCUT2D eigenvalue weighted by molar-refractivity contribution is -0.121. The second-order valence-electron chi connectivity index (χ2n) is 8.56. The molecule has 0 aliphatic carbocycles. The van der Waals surface area contributed by atoms with E-state index in [0.717, 1.165) is 12.0 Å². The number of aromatic nitrogens is 3. The van der Waals surface area contributed by atoms with Crippen LogP contribution in [0.4, 0.5) is 5.82 Å². The van der Waals surface area contributed by atoms with Crippen LogP contribution in [0.3, 0.4) is 0 Å². The number of hydrogen-bond donors (Lipinski definition) is 1. The molecule has 1 amide bonds. The van der Waals surface area contributed by atoms with Crippen LogP contribution in [-0.2, 0) is 21.4 Å². The molecule has 0 bridgehead atoms. The highest BCUT2D eigenvalue weighted by Gasteiger charge is 2.33. The fraction of sp³-hybridized carbons (Fsp3) is 0.375. The fourth-order valence-electron chi connectivity index (χ4n) is 4.27. The van der Waals surface area contributed by atoms with Crippen molar-refractivity contribution in [1.82, 2.24) is 19.1 Å². The van der Waals surface area contributed by atoms with Gasteiger partial charge in [-0.25, -0.2) is 13.1 Å². The predicted octanol–water partition coefficient (Wildman–Crippen LogP) is 2.53. The van der Waals surface area contributed by atoms with Gasteiger partial charge in [0.25, 0.3) is 0 Å². The molecule has 5 rings (SSSR count). The van der Waals surface area contributed by atoms with E-state index in [0.29, 0.717) is 49.9 Å². The SMILES string of the molecule is O=C(Nc1ccnn1Cc1ccncc1)C1CCN(S(=O)(=O)c2ccc3c(c2)OCCCO3)CC1. The minimum Gasteiger partial charge on any atom is -0.490 e. The molecule has 3 aromatic rings. The van der Waals surface area contributed by atoms with E-state index < -0.39 is 10.0 Å². The van der Waals surface area contributed by atoms with Crippen LogP contribution in [0.25, 0.3) is 0 Å². The molecule has 1 N–H and O–H groups in total. The van der Waals surface area contributed by atoms with Crippen molar-refractivity contribution in [3.63, 3.8) is 0 Å². The van der Waals surface area contributed by atoms with Crippen LogP contribution in [0.5, 0.6) is 11.5 Å². The molecule has 4 heterocycles. The number of rotatable bonds is 6. The molecule has 0 saturated carbocycles. The van der Waals surface area contributed by atoms with Gasteiger partial charge in [-0.05, 0) is 42.7 Å². The second-order valence-corrected chi connectivity index (χ2v) is 10.5. The standard InChI is InChI=1S/C24H27N5O5S/c30-24(27-23-6-11-26-29(23)17-18-4-9-25-10-5-18)19-7-12-28(13-8-19)35(31,32)20-2-3-21-22(16-20)34-15-1-14-33-21/h2-6,9-11,16,19H,1,7-8,12-15,17H2,(H,27,30). The topological polar surface area (TPSA) is 116 Å². The molecule has 1 saturated heterocycles. The number of amides is 1. The molecule has 184 valence electrons. The number of piperidine rings is 1. The molecule has 0 unspecified atom stereocenters. The summed E-state index contributed by atoms with van der Waals surface area (Å²) in [6.45, 7) is 2.07. The van der Waals surface area contributed by atoms with E-state index in [4.69, 9.17) is 9.47 Å². The van der Waals surface area contributed by atoms with Gasteiger partial charge in [0.05, 0.1) is 30.9 Å². The Morgan fingerprint density at radius 2 is 1.74 bits per heavy atom. The molecule has 0 atom stereocenters. The zero-order chi connectivity index (χ0) is 24.3.